The van der Waals surface area contributed by atoms with Gasteiger partial charge in [0, 0.05) is 18.0 Å². The van der Waals surface area contributed by atoms with E-state index in [2.05, 4.69) is 5.32 Å². The number of amides is 1. The number of benzene rings is 2. The average molecular weight is 368 g/mol. The highest BCUT2D eigenvalue weighted by molar-refractivity contribution is 6.04. The highest BCUT2D eigenvalue weighted by atomic mass is 19.1. The summed E-state index contributed by atoms with van der Waals surface area (Å²) in [4.78, 5) is 30.3. The summed E-state index contributed by atoms with van der Waals surface area (Å²) in [5, 5.41) is 2.64. The van der Waals surface area contributed by atoms with E-state index in [-0.39, 0.29) is 12.2 Å². The first-order chi connectivity index (χ1) is 13.1. The number of rotatable bonds is 6. The predicted molar refractivity (Wildman–Crippen MR) is 98.3 cm³/mol. The van der Waals surface area contributed by atoms with Crippen LogP contribution in [0.15, 0.2) is 71.7 Å². The molecule has 1 amide bonds. The van der Waals surface area contributed by atoms with Crippen LogP contribution in [0, 0.1) is 5.82 Å². The van der Waals surface area contributed by atoms with E-state index >= 15 is 0 Å². The topological polar surface area (TPSA) is 69.6 Å². The summed E-state index contributed by atoms with van der Waals surface area (Å²) < 4.78 is 19.3. The zero-order valence-corrected chi connectivity index (χ0v) is 14.5. The predicted octanol–water partition coefficient (Wildman–Crippen LogP) is 2.88. The molecule has 0 aliphatic heterocycles. The van der Waals surface area contributed by atoms with Crippen LogP contribution in [0.4, 0.5) is 10.1 Å². The fraction of sp³-hybridized carbons (Fsp3) is 0.100. The number of nitrogens with zero attached hydrogens (tertiary/aromatic N) is 1. The van der Waals surface area contributed by atoms with Gasteiger partial charge in [-0.15, -0.1) is 0 Å². The zero-order chi connectivity index (χ0) is 19.2. The molecule has 0 saturated carbocycles. The van der Waals surface area contributed by atoms with Crippen LogP contribution in [0.25, 0.3) is 0 Å². The van der Waals surface area contributed by atoms with Gasteiger partial charge in [-0.1, -0.05) is 18.2 Å². The fourth-order valence-electron chi connectivity index (χ4n) is 2.42. The Morgan fingerprint density at radius 2 is 1.93 bits per heavy atom. The van der Waals surface area contributed by atoms with Gasteiger partial charge < -0.3 is 14.9 Å². The van der Waals surface area contributed by atoms with Crippen LogP contribution < -0.4 is 20.5 Å². The molecule has 6 nitrogen and oxygen atoms in total. The van der Waals surface area contributed by atoms with Gasteiger partial charge in [0.1, 0.15) is 23.7 Å². The molecular formula is C20H17FN2O4. The van der Waals surface area contributed by atoms with Crippen LogP contribution >= 0.6 is 0 Å². The van der Waals surface area contributed by atoms with Gasteiger partial charge in [0.05, 0.1) is 7.11 Å². The Kier molecular flexibility index (Phi) is 5.51. The third kappa shape index (κ3) is 4.52. The van der Waals surface area contributed by atoms with E-state index in [0.29, 0.717) is 17.0 Å². The highest BCUT2D eigenvalue weighted by Gasteiger charge is 2.13. The quantitative estimate of drug-likeness (QED) is 0.726. The Labute approximate surface area is 154 Å². The lowest BCUT2D eigenvalue weighted by Gasteiger charge is -2.10. The van der Waals surface area contributed by atoms with E-state index in [1.807, 2.05) is 0 Å². The first-order valence-electron chi connectivity index (χ1n) is 8.11. The molecule has 3 aromatic rings. The number of carbonyl (C=O) groups excluding carboxylic acids is 1. The minimum absolute atomic E-state index is 0.0153. The first kappa shape index (κ1) is 18.2. The Bertz CT molecular complexity index is 1020. The smallest absolute Gasteiger partial charge is 0.295 e. The normalized spacial score (nSPS) is 10.3. The lowest BCUT2D eigenvalue weighted by molar-refractivity contribution is 0.0862. The van der Waals surface area contributed by atoms with Crippen LogP contribution in [0.2, 0.25) is 0 Å². The summed E-state index contributed by atoms with van der Waals surface area (Å²) in [6.45, 7) is -0.0153. The molecule has 0 saturated heterocycles. The first-order valence-corrected chi connectivity index (χ1v) is 8.11. The Hall–Kier alpha value is -3.61. The summed E-state index contributed by atoms with van der Waals surface area (Å²) in [7, 11) is 1.52. The van der Waals surface area contributed by atoms with E-state index in [9.17, 15) is 14.0 Å². The molecule has 0 fully saturated rings. The second kappa shape index (κ2) is 8.18. The van der Waals surface area contributed by atoms with Crippen LogP contribution in [-0.4, -0.2) is 17.7 Å². The van der Waals surface area contributed by atoms with Gasteiger partial charge in [0.15, 0.2) is 0 Å². The van der Waals surface area contributed by atoms with Gasteiger partial charge >= 0.3 is 0 Å². The van der Waals surface area contributed by atoms with E-state index in [1.165, 1.54) is 37.6 Å². The van der Waals surface area contributed by atoms with Crippen molar-refractivity contribution in [2.45, 2.75) is 6.61 Å². The number of hydrogen-bond donors (Lipinski definition) is 1. The number of carbonyl (C=O) groups is 1. The molecule has 3 rings (SSSR count). The van der Waals surface area contributed by atoms with Crippen molar-refractivity contribution < 1.29 is 18.8 Å². The molecular weight excluding hydrogens is 351 g/mol. The van der Waals surface area contributed by atoms with Crippen LogP contribution in [0.3, 0.4) is 0 Å². The number of pyridine rings is 1. The van der Waals surface area contributed by atoms with Crippen LogP contribution in [-0.2, 0) is 6.61 Å². The largest absolute Gasteiger partial charge is 0.497 e. The number of hydrogen-bond acceptors (Lipinski definition) is 4. The summed E-state index contributed by atoms with van der Waals surface area (Å²) in [6, 6.07) is 15.6. The molecule has 0 bridgehead atoms. The van der Waals surface area contributed by atoms with Crippen molar-refractivity contribution >= 4 is 11.6 Å². The number of anilines is 1. The van der Waals surface area contributed by atoms with Crippen molar-refractivity contribution in [3.63, 3.8) is 0 Å². The Balaban J connectivity index is 1.75. The van der Waals surface area contributed by atoms with Gasteiger partial charge in [0.25, 0.3) is 11.5 Å². The standard InChI is InChI=1S/C20H17FN2O4/c1-26-17-8-3-7-16(12-17)22-19(24)18-9-4-10-23(20(18)25)27-13-14-5-2-6-15(21)11-14/h2-12H,13H2,1H3,(H,22,24). The molecule has 1 aromatic heterocycles. The van der Waals surface area contributed by atoms with Crippen molar-refractivity contribution in [2.75, 3.05) is 12.4 Å². The molecule has 2 aromatic carbocycles. The number of methoxy groups -OCH3 is 1. The van der Waals surface area contributed by atoms with Crippen molar-refractivity contribution in [3.8, 4) is 5.75 Å². The molecule has 27 heavy (non-hydrogen) atoms. The lowest BCUT2D eigenvalue weighted by Crippen LogP contribution is -2.32. The SMILES string of the molecule is COc1cccc(NC(=O)c2cccn(OCc3cccc(F)c3)c2=O)c1. The minimum atomic E-state index is -0.616. The molecule has 7 heteroatoms. The molecule has 0 atom stereocenters. The number of aromatic nitrogens is 1. The van der Waals surface area contributed by atoms with E-state index in [1.54, 1.807) is 36.4 Å². The van der Waals surface area contributed by atoms with Gasteiger partial charge in [0.2, 0.25) is 0 Å². The van der Waals surface area contributed by atoms with Crippen LogP contribution in [0.5, 0.6) is 5.75 Å². The van der Waals surface area contributed by atoms with Gasteiger partial charge in [-0.3, -0.25) is 9.59 Å². The summed E-state index contributed by atoms with van der Waals surface area (Å²) in [5.41, 5.74) is 0.358. The van der Waals surface area contributed by atoms with Crippen molar-refractivity contribution in [1.29, 1.82) is 0 Å². The van der Waals surface area contributed by atoms with E-state index in [0.717, 1.165) is 4.73 Å². The summed E-state index contributed by atoms with van der Waals surface area (Å²) in [6.07, 6.45) is 1.39. The maximum absolute atomic E-state index is 13.2. The second-order valence-corrected chi connectivity index (χ2v) is 5.64. The third-order valence-electron chi connectivity index (χ3n) is 3.75. The van der Waals surface area contributed by atoms with E-state index in [4.69, 9.17) is 9.57 Å². The molecule has 0 radical (unpaired) electrons. The maximum Gasteiger partial charge on any atom is 0.295 e. The monoisotopic (exact) mass is 368 g/mol. The second-order valence-electron chi connectivity index (χ2n) is 5.64. The van der Waals surface area contributed by atoms with Crippen molar-refractivity contribution in [2.24, 2.45) is 0 Å². The van der Waals surface area contributed by atoms with Gasteiger partial charge in [-0.05, 0) is 42.0 Å². The van der Waals surface area contributed by atoms with Gasteiger partial charge in [-0.25, -0.2) is 4.39 Å². The van der Waals surface area contributed by atoms with E-state index < -0.39 is 17.3 Å². The molecule has 1 heterocycles. The number of nitrogens with one attached hydrogen (secondary N) is 1. The van der Waals surface area contributed by atoms with Crippen molar-refractivity contribution in [1.82, 2.24) is 4.73 Å². The maximum atomic E-state index is 13.2. The van der Waals surface area contributed by atoms with Gasteiger partial charge in [-0.2, -0.15) is 4.73 Å². The lowest BCUT2D eigenvalue weighted by atomic mass is 10.2. The molecule has 0 spiro atoms. The summed E-state index contributed by atoms with van der Waals surface area (Å²) >= 11 is 0. The van der Waals surface area contributed by atoms with Crippen LogP contribution in [0.1, 0.15) is 15.9 Å². The molecule has 0 unspecified atom stereocenters. The molecule has 138 valence electrons. The fourth-order valence-corrected chi connectivity index (χ4v) is 2.42. The highest BCUT2D eigenvalue weighted by Crippen LogP contribution is 2.17. The number of ether oxygens (including phenoxy) is 1. The average Bonchev–Trinajstić information content (AvgIpc) is 2.67. The Morgan fingerprint density at radius 1 is 1.11 bits per heavy atom. The van der Waals surface area contributed by atoms with Crippen molar-refractivity contribution in [3.05, 3.63) is 94.2 Å². The molecule has 0 aliphatic carbocycles. The Morgan fingerprint density at radius 3 is 2.70 bits per heavy atom. The minimum Gasteiger partial charge on any atom is -0.497 e. The number of halogens is 1. The molecule has 1 N–H and O–H groups in total. The summed E-state index contributed by atoms with van der Waals surface area (Å²) in [5.74, 6) is -0.386. The zero-order valence-electron chi connectivity index (χ0n) is 14.5. The third-order valence-corrected chi connectivity index (χ3v) is 3.75. The molecule has 0 aliphatic rings.